The molecule has 0 atom stereocenters. The van der Waals surface area contributed by atoms with Crippen molar-refractivity contribution in [1.82, 2.24) is 5.32 Å². The smallest absolute Gasteiger partial charge is 0.321 e. The summed E-state index contributed by atoms with van der Waals surface area (Å²) in [6, 6.07) is 19.9. The van der Waals surface area contributed by atoms with Gasteiger partial charge in [-0.2, -0.15) is 0 Å². The van der Waals surface area contributed by atoms with Crippen molar-refractivity contribution in [3.8, 4) is 0 Å². The van der Waals surface area contributed by atoms with Crippen molar-refractivity contribution in [3.05, 3.63) is 71.8 Å². The summed E-state index contributed by atoms with van der Waals surface area (Å²) in [5, 5.41) is 3.01. The Labute approximate surface area is 138 Å². The Bertz CT molecular complexity index is 556. The van der Waals surface area contributed by atoms with Crippen LogP contribution in [0, 0.1) is 0 Å². The molecule has 0 saturated heterocycles. The number of hydrogen-bond donors (Lipinski definition) is 1. The van der Waals surface area contributed by atoms with Gasteiger partial charge in [-0.25, -0.2) is 0 Å². The van der Waals surface area contributed by atoms with Crippen molar-refractivity contribution in [3.63, 3.8) is 0 Å². The lowest BCUT2D eigenvalue weighted by Crippen LogP contribution is -2.39. The maximum Gasteiger partial charge on any atom is 0.321 e. The molecular weight excluding hydrogens is 286 g/mol. The van der Waals surface area contributed by atoms with E-state index in [-0.39, 0.29) is 5.97 Å². The number of carbonyl (C=O) groups excluding carboxylic acids is 1. The molecule has 23 heavy (non-hydrogen) atoms. The molecule has 0 aliphatic rings. The van der Waals surface area contributed by atoms with Gasteiger partial charge in [-0.1, -0.05) is 74.0 Å². The molecule has 0 amide bonds. The lowest BCUT2D eigenvalue weighted by molar-refractivity contribution is -0.149. The lowest BCUT2D eigenvalue weighted by atomic mass is 9.71. The molecule has 2 aromatic carbocycles. The zero-order chi connectivity index (χ0) is 16.5. The molecule has 0 aliphatic heterocycles. The van der Waals surface area contributed by atoms with Gasteiger partial charge in [-0.15, -0.1) is 0 Å². The number of esters is 1. The molecule has 1 N–H and O–H groups in total. The highest BCUT2D eigenvalue weighted by Crippen LogP contribution is 2.38. The summed E-state index contributed by atoms with van der Waals surface area (Å²) in [6.45, 7) is 3.12. The van der Waals surface area contributed by atoms with E-state index in [0.717, 1.165) is 24.0 Å². The quantitative estimate of drug-likeness (QED) is 0.598. The summed E-state index contributed by atoms with van der Waals surface area (Å²) in [6.07, 6.45) is 1.62. The zero-order valence-electron chi connectivity index (χ0n) is 13.9. The van der Waals surface area contributed by atoms with Crippen LogP contribution in [-0.4, -0.2) is 26.2 Å². The number of hydrogen-bond acceptors (Lipinski definition) is 3. The van der Waals surface area contributed by atoms with Crippen LogP contribution in [0.15, 0.2) is 60.7 Å². The normalized spacial score (nSPS) is 11.2. The van der Waals surface area contributed by atoms with Crippen molar-refractivity contribution in [1.29, 1.82) is 0 Å². The summed E-state index contributed by atoms with van der Waals surface area (Å²) in [5.74, 6) is -0.174. The van der Waals surface area contributed by atoms with Gasteiger partial charge in [0.1, 0.15) is 12.0 Å². The van der Waals surface area contributed by atoms with Crippen LogP contribution in [0.25, 0.3) is 0 Å². The van der Waals surface area contributed by atoms with E-state index in [0.29, 0.717) is 13.2 Å². The number of carbonyl (C=O) groups is 1. The average Bonchev–Trinajstić information content (AvgIpc) is 2.61. The molecule has 122 valence electrons. The monoisotopic (exact) mass is 311 g/mol. The second-order valence-electron chi connectivity index (χ2n) is 5.63. The van der Waals surface area contributed by atoms with Crippen molar-refractivity contribution in [2.45, 2.75) is 25.2 Å². The average molecular weight is 311 g/mol. The first-order valence-electron chi connectivity index (χ1n) is 8.18. The Morgan fingerprint density at radius 2 is 1.52 bits per heavy atom. The van der Waals surface area contributed by atoms with Crippen LogP contribution >= 0.6 is 0 Å². The van der Waals surface area contributed by atoms with Gasteiger partial charge in [0.25, 0.3) is 0 Å². The van der Waals surface area contributed by atoms with Gasteiger partial charge in [0.05, 0.1) is 0 Å². The van der Waals surface area contributed by atoms with Gasteiger partial charge >= 0.3 is 5.97 Å². The fourth-order valence-corrected chi connectivity index (χ4v) is 2.98. The van der Waals surface area contributed by atoms with Crippen LogP contribution in [-0.2, 0) is 14.9 Å². The Kier molecular flexibility index (Phi) is 6.36. The van der Waals surface area contributed by atoms with Gasteiger partial charge < -0.3 is 10.1 Å². The number of nitrogens with one attached hydrogen (secondary N) is 1. The summed E-state index contributed by atoms with van der Waals surface area (Å²) in [4.78, 5) is 13.1. The third-order valence-electron chi connectivity index (χ3n) is 4.09. The summed E-state index contributed by atoms with van der Waals surface area (Å²) in [5.41, 5.74) is 1.23. The maximum atomic E-state index is 13.1. The summed E-state index contributed by atoms with van der Waals surface area (Å²) >= 11 is 0. The lowest BCUT2D eigenvalue weighted by Gasteiger charge is -2.32. The second kappa shape index (κ2) is 8.49. The molecular formula is C20H25NO2. The first kappa shape index (κ1) is 17.2. The predicted octanol–water partition coefficient (Wildman–Crippen LogP) is 3.54. The molecule has 0 bridgehead atoms. The number of likely N-dealkylation sites (N-methyl/N-ethyl adjacent to an activating group) is 1. The van der Waals surface area contributed by atoms with Crippen LogP contribution in [0.3, 0.4) is 0 Å². The third kappa shape index (κ3) is 3.80. The van der Waals surface area contributed by atoms with E-state index >= 15 is 0 Å². The molecule has 2 aromatic rings. The SMILES string of the molecule is CCCC(C(=O)OCCNC)(c1ccccc1)c1ccccc1. The van der Waals surface area contributed by atoms with Crippen molar-refractivity contribution in [2.24, 2.45) is 0 Å². The third-order valence-corrected chi connectivity index (χ3v) is 4.09. The van der Waals surface area contributed by atoms with Crippen LogP contribution in [0.2, 0.25) is 0 Å². The van der Waals surface area contributed by atoms with E-state index in [4.69, 9.17) is 4.74 Å². The summed E-state index contributed by atoms with van der Waals surface area (Å²) < 4.78 is 5.61. The molecule has 0 radical (unpaired) electrons. The van der Waals surface area contributed by atoms with Gasteiger partial charge in [-0.05, 0) is 24.6 Å². The van der Waals surface area contributed by atoms with Crippen molar-refractivity contribution < 1.29 is 9.53 Å². The largest absolute Gasteiger partial charge is 0.463 e. The fraction of sp³-hybridized carbons (Fsp3) is 0.350. The first-order valence-corrected chi connectivity index (χ1v) is 8.18. The van der Waals surface area contributed by atoms with E-state index < -0.39 is 5.41 Å². The molecule has 0 fully saturated rings. The number of rotatable bonds is 8. The fourth-order valence-electron chi connectivity index (χ4n) is 2.98. The first-order chi connectivity index (χ1) is 11.3. The molecule has 0 spiro atoms. The Hall–Kier alpha value is -2.13. The molecule has 0 aromatic heterocycles. The molecule has 0 heterocycles. The Morgan fingerprint density at radius 1 is 1.00 bits per heavy atom. The number of benzene rings is 2. The van der Waals surface area contributed by atoms with E-state index in [1.165, 1.54) is 0 Å². The highest BCUT2D eigenvalue weighted by atomic mass is 16.5. The highest BCUT2D eigenvalue weighted by molar-refractivity contribution is 5.87. The predicted molar refractivity (Wildman–Crippen MR) is 93.5 cm³/mol. The minimum Gasteiger partial charge on any atom is -0.463 e. The molecule has 2 rings (SSSR count). The zero-order valence-corrected chi connectivity index (χ0v) is 13.9. The van der Waals surface area contributed by atoms with Gasteiger partial charge in [0.15, 0.2) is 0 Å². The Balaban J connectivity index is 2.49. The van der Waals surface area contributed by atoms with E-state index in [1.807, 2.05) is 67.7 Å². The van der Waals surface area contributed by atoms with Crippen LogP contribution in [0.4, 0.5) is 0 Å². The Morgan fingerprint density at radius 3 is 1.96 bits per heavy atom. The van der Waals surface area contributed by atoms with Crippen molar-refractivity contribution >= 4 is 5.97 Å². The van der Waals surface area contributed by atoms with Crippen LogP contribution < -0.4 is 5.32 Å². The topological polar surface area (TPSA) is 38.3 Å². The molecule has 3 heteroatoms. The van der Waals surface area contributed by atoms with Crippen LogP contribution in [0.5, 0.6) is 0 Å². The molecule has 3 nitrogen and oxygen atoms in total. The number of ether oxygens (including phenoxy) is 1. The second-order valence-corrected chi connectivity index (χ2v) is 5.63. The molecule has 0 saturated carbocycles. The minimum absolute atomic E-state index is 0.174. The van der Waals surface area contributed by atoms with E-state index in [9.17, 15) is 4.79 Å². The maximum absolute atomic E-state index is 13.1. The minimum atomic E-state index is -0.745. The molecule has 0 unspecified atom stereocenters. The summed E-state index contributed by atoms with van der Waals surface area (Å²) in [7, 11) is 1.85. The van der Waals surface area contributed by atoms with Crippen molar-refractivity contribution in [2.75, 3.05) is 20.2 Å². The van der Waals surface area contributed by atoms with Gasteiger partial charge in [0, 0.05) is 6.54 Å². The van der Waals surface area contributed by atoms with Crippen LogP contribution in [0.1, 0.15) is 30.9 Å². The highest BCUT2D eigenvalue weighted by Gasteiger charge is 2.42. The standard InChI is InChI=1S/C20H25NO2/c1-3-14-20(17-10-6-4-7-11-17,18-12-8-5-9-13-18)19(22)23-16-15-21-2/h4-13,21H,3,14-16H2,1-2H3. The van der Waals surface area contributed by atoms with Gasteiger partial charge in [0.2, 0.25) is 0 Å². The van der Waals surface area contributed by atoms with E-state index in [1.54, 1.807) is 0 Å². The van der Waals surface area contributed by atoms with E-state index in [2.05, 4.69) is 12.2 Å². The molecule has 0 aliphatic carbocycles. The van der Waals surface area contributed by atoms with Gasteiger partial charge in [-0.3, -0.25) is 4.79 Å².